The van der Waals surface area contributed by atoms with Crippen molar-refractivity contribution in [1.82, 2.24) is 4.90 Å². The molecule has 3 rings (SSSR count). The summed E-state index contributed by atoms with van der Waals surface area (Å²) in [5, 5.41) is 0. The van der Waals surface area contributed by atoms with E-state index in [0.29, 0.717) is 43.2 Å². The number of aryl methyl sites for hydroxylation is 1. The standard InChI is InChI=1S/C19H25FN2O3/c1-12-2-3-14(11-16(12)20)19(24)22-7-4-13(5-8-22)10-17-15(18(21)23)6-9-25-17/h2-3,11,13,15,17H,4-10H2,1H3,(H2,21,23)/t15-,17-/m1/s1. The first-order chi connectivity index (χ1) is 12.0. The molecule has 0 aliphatic carbocycles. The Bertz CT molecular complexity index is 656. The molecule has 25 heavy (non-hydrogen) atoms. The van der Waals surface area contributed by atoms with Crippen molar-refractivity contribution in [3.05, 3.63) is 35.1 Å². The Morgan fingerprint density at radius 3 is 2.64 bits per heavy atom. The summed E-state index contributed by atoms with van der Waals surface area (Å²) in [4.78, 5) is 25.8. The fourth-order valence-electron chi connectivity index (χ4n) is 3.81. The molecule has 136 valence electrons. The fraction of sp³-hybridized carbons (Fsp3) is 0.579. The minimum atomic E-state index is -0.350. The van der Waals surface area contributed by atoms with Gasteiger partial charge in [0.1, 0.15) is 5.82 Å². The minimum Gasteiger partial charge on any atom is -0.377 e. The van der Waals surface area contributed by atoms with Crippen LogP contribution in [0.3, 0.4) is 0 Å². The largest absolute Gasteiger partial charge is 0.377 e. The van der Waals surface area contributed by atoms with Crippen molar-refractivity contribution in [2.75, 3.05) is 19.7 Å². The van der Waals surface area contributed by atoms with Gasteiger partial charge in [-0.1, -0.05) is 6.07 Å². The number of rotatable bonds is 4. The van der Waals surface area contributed by atoms with E-state index >= 15 is 0 Å². The van der Waals surface area contributed by atoms with Crippen molar-refractivity contribution in [2.24, 2.45) is 17.6 Å². The number of nitrogens with two attached hydrogens (primary N) is 1. The van der Waals surface area contributed by atoms with Crippen LogP contribution in [0.1, 0.15) is 41.6 Å². The van der Waals surface area contributed by atoms with Crippen LogP contribution in [0.15, 0.2) is 18.2 Å². The van der Waals surface area contributed by atoms with E-state index in [1.807, 2.05) is 0 Å². The average Bonchev–Trinajstić information content (AvgIpc) is 3.06. The fourth-order valence-corrected chi connectivity index (χ4v) is 3.81. The van der Waals surface area contributed by atoms with Crippen LogP contribution in [0.25, 0.3) is 0 Å². The number of ether oxygens (including phenoxy) is 1. The van der Waals surface area contributed by atoms with Crippen LogP contribution in [0.2, 0.25) is 0 Å². The van der Waals surface area contributed by atoms with E-state index in [2.05, 4.69) is 0 Å². The Labute approximate surface area is 147 Å². The molecule has 2 amide bonds. The maximum absolute atomic E-state index is 13.7. The molecule has 0 bridgehead atoms. The van der Waals surface area contributed by atoms with E-state index in [4.69, 9.17) is 10.5 Å². The van der Waals surface area contributed by atoms with Crippen LogP contribution in [-0.2, 0) is 9.53 Å². The van der Waals surface area contributed by atoms with Crippen molar-refractivity contribution >= 4 is 11.8 Å². The van der Waals surface area contributed by atoms with Crippen molar-refractivity contribution in [3.63, 3.8) is 0 Å². The lowest BCUT2D eigenvalue weighted by Gasteiger charge is -2.33. The molecule has 2 fully saturated rings. The lowest BCUT2D eigenvalue weighted by Crippen LogP contribution is -2.40. The molecule has 2 N–H and O–H groups in total. The van der Waals surface area contributed by atoms with Crippen LogP contribution in [-0.4, -0.2) is 42.5 Å². The van der Waals surface area contributed by atoms with Gasteiger partial charge in [0.2, 0.25) is 5.91 Å². The Balaban J connectivity index is 1.54. The highest BCUT2D eigenvalue weighted by Crippen LogP contribution is 2.31. The Morgan fingerprint density at radius 1 is 1.28 bits per heavy atom. The van der Waals surface area contributed by atoms with Crippen molar-refractivity contribution in [1.29, 1.82) is 0 Å². The SMILES string of the molecule is Cc1ccc(C(=O)N2CCC(C[C@H]3OCC[C@H]3C(N)=O)CC2)cc1F. The van der Waals surface area contributed by atoms with E-state index in [0.717, 1.165) is 19.3 Å². The number of carbonyl (C=O) groups excluding carboxylic acids is 2. The summed E-state index contributed by atoms with van der Waals surface area (Å²) >= 11 is 0. The van der Waals surface area contributed by atoms with Gasteiger partial charge in [-0.05, 0) is 56.2 Å². The summed E-state index contributed by atoms with van der Waals surface area (Å²) in [5.41, 5.74) is 6.38. The highest BCUT2D eigenvalue weighted by Gasteiger charge is 2.35. The second-order valence-electron chi connectivity index (χ2n) is 7.14. The van der Waals surface area contributed by atoms with Gasteiger partial charge in [-0.25, -0.2) is 4.39 Å². The molecule has 0 spiro atoms. The zero-order chi connectivity index (χ0) is 18.0. The molecule has 6 heteroatoms. The number of amides is 2. The topological polar surface area (TPSA) is 72.6 Å². The number of piperidine rings is 1. The first kappa shape index (κ1) is 17.9. The highest BCUT2D eigenvalue weighted by molar-refractivity contribution is 5.94. The van der Waals surface area contributed by atoms with Crippen molar-refractivity contribution < 1.29 is 18.7 Å². The highest BCUT2D eigenvalue weighted by atomic mass is 19.1. The molecule has 0 unspecified atom stereocenters. The normalized spacial score (nSPS) is 24.5. The predicted molar refractivity (Wildman–Crippen MR) is 91.4 cm³/mol. The van der Waals surface area contributed by atoms with Gasteiger partial charge in [-0.2, -0.15) is 0 Å². The molecule has 0 aromatic heterocycles. The van der Waals surface area contributed by atoms with Crippen molar-refractivity contribution in [2.45, 2.75) is 38.7 Å². The molecule has 2 atom stereocenters. The van der Waals surface area contributed by atoms with Gasteiger partial charge in [0.25, 0.3) is 5.91 Å². The molecule has 1 aromatic rings. The smallest absolute Gasteiger partial charge is 0.253 e. The third-order valence-corrected chi connectivity index (χ3v) is 5.46. The van der Waals surface area contributed by atoms with Crippen LogP contribution < -0.4 is 5.73 Å². The third-order valence-electron chi connectivity index (χ3n) is 5.46. The molecule has 2 aliphatic heterocycles. The van der Waals surface area contributed by atoms with Crippen LogP contribution in [0, 0.1) is 24.6 Å². The quantitative estimate of drug-likeness (QED) is 0.907. The number of halogens is 1. The minimum absolute atomic E-state index is 0.0871. The molecular formula is C19H25FN2O3. The lowest BCUT2D eigenvalue weighted by molar-refractivity contribution is -0.123. The summed E-state index contributed by atoms with van der Waals surface area (Å²) in [6.07, 6.45) is 3.16. The molecule has 0 radical (unpaired) electrons. The van der Waals surface area contributed by atoms with E-state index in [-0.39, 0.29) is 29.7 Å². The van der Waals surface area contributed by atoms with Crippen LogP contribution >= 0.6 is 0 Å². The van der Waals surface area contributed by atoms with Crippen LogP contribution in [0.4, 0.5) is 4.39 Å². The number of hydrogen-bond acceptors (Lipinski definition) is 3. The van der Waals surface area contributed by atoms with E-state index < -0.39 is 0 Å². The summed E-state index contributed by atoms with van der Waals surface area (Å²) in [6, 6.07) is 4.63. The zero-order valence-corrected chi connectivity index (χ0v) is 14.5. The molecule has 2 saturated heterocycles. The predicted octanol–water partition coefficient (Wildman–Crippen LogP) is 2.27. The molecule has 2 aliphatic rings. The van der Waals surface area contributed by atoms with Gasteiger partial charge in [-0.3, -0.25) is 9.59 Å². The molecular weight excluding hydrogens is 323 g/mol. The molecule has 2 heterocycles. The van der Waals surface area contributed by atoms with Crippen molar-refractivity contribution in [3.8, 4) is 0 Å². The Hall–Kier alpha value is -1.95. The number of nitrogens with zero attached hydrogens (tertiary/aromatic N) is 1. The second kappa shape index (κ2) is 7.52. The Kier molecular flexibility index (Phi) is 5.37. The summed E-state index contributed by atoms with van der Waals surface area (Å²) in [7, 11) is 0. The maximum Gasteiger partial charge on any atom is 0.253 e. The summed E-state index contributed by atoms with van der Waals surface area (Å²) in [5.74, 6) is -0.517. The number of hydrogen-bond donors (Lipinski definition) is 1. The van der Waals surface area contributed by atoms with E-state index in [1.54, 1.807) is 24.0 Å². The van der Waals surface area contributed by atoms with Gasteiger partial charge in [0.05, 0.1) is 12.0 Å². The van der Waals surface area contributed by atoms with Gasteiger partial charge >= 0.3 is 0 Å². The van der Waals surface area contributed by atoms with E-state index in [1.165, 1.54) is 6.07 Å². The third kappa shape index (κ3) is 4.00. The Morgan fingerprint density at radius 2 is 2.00 bits per heavy atom. The number of carbonyl (C=O) groups is 2. The first-order valence-electron chi connectivity index (χ1n) is 8.92. The summed E-state index contributed by atoms with van der Waals surface area (Å²) < 4.78 is 19.4. The van der Waals surface area contributed by atoms with E-state index in [9.17, 15) is 14.0 Å². The molecule has 5 nitrogen and oxygen atoms in total. The first-order valence-corrected chi connectivity index (χ1v) is 8.92. The molecule has 0 saturated carbocycles. The monoisotopic (exact) mass is 348 g/mol. The average molecular weight is 348 g/mol. The zero-order valence-electron chi connectivity index (χ0n) is 14.5. The van der Waals surface area contributed by atoms with Gasteiger partial charge < -0.3 is 15.4 Å². The maximum atomic E-state index is 13.7. The number of benzene rings is 1. The van der Waals surface area contributed by atoms with Gasteiger partial charge in [0.15, 0.2) is 0 Å². The number of primary amides is 1. The second-order valence-corrected chi connectivity index (χ2v) is 7.14. The van der Waals surface area contributed by atoms with Gasteiger partial charge in [-0.15, -0.1) is 0 Å². The number of likely N-dealkylation sites (tertiary alicyclic amines) is 1. The summed E-state index contributed by atoms with van der Waals surface area (Å²) in [6.45, 7) is 3.56. The van der Waals surface area contributed by atoms with Gasteiger partial charge in [0, 0.05) is 25.3 Å². The lowest BCUT2D eigenvalue weighted by atomic mass is 9.86. The molecule has 1 aromatic carbocycles. The van der Waals surface area contributed by atoms with Crippen LogP contribution in [0.5, 0.6) is 0 Å².